The van der Waals surface area contributed by atoms with Gasteiger partial charge in [-0.2, -0.15) is 0 Å². The van der Waals surface area contributed by atoms with E-state index in [1.807, 2.05) is 11.8 Å². The van der Waals surface area contributed by atoms with E-state index in [0.29, 0.717) is 31.4 Å². The molecule has 8 heteroatoms. The molecular weight excluding hydrogens is 412 g/mol. The number of hydrogen-bond acceptors (Lipinski definition) is 6. The van der Waals surface area contributed by atoms with Crippen molar-refractivity contribution in [2.75, 3.05) is 13.1 Å². The van der Waals surface area contributed by atoms with Gasteiger partial charge in [0.2, 0.25) is 10.0 Å². The van der Waals surface area contributed by atoms with E-state index >= 15 is 0 Å². The molecule has 0 spiro atoms. The summed E-state index contributed by atoms with van der Waals surface area (Å²) in [6, 6.07) is 13.3. The van der Waals surface area contributed by atoms with E-state index in [1.165, 1.54) is 0 Å². The molecule has 0 bridgehead atoms. The minimum absolute atomic E-state index is 0.159. The van der Waals surface area contributed by atoms with E-state index < -0.39 is 16.1 Å². The van der Waals surface area contributed by atoms with Crippen LogP contribution in [-0.4, -0.2) is 49.6 Å². The summed E-state index contributed by atoms with van der Waals surface area (Å²) in [5, 5.41) is 9.58. The molecule has 0 amide bonds. The molecule has 0 radical (unpaired) electrons. The lowest BCUT2D eigenvalue weighted by molar-refractivity contribution is 0.275. The zero-order chi connectivity index (χ0) is 22.6. The van der Waals surface area contributed by atoms with E-state index in [4.69, 9.17) is 5.73 Å². The van der Waals surface area contributed by atoms with Crippen molar-refractivity contribution in [2.24, 2.45) is 16.6 Å². The molecule has 31 heavy (non-hydrogen) atoms. The highest BCUT2D eigenvalue weighted by atomic mass is 32.2. The highest BCUT2D eigenvalue weighted by Crippen LogP contribution is 2.20. The fourth-order valence-electron chi connectivity index (χ4n) is 3.87. The Kier molecular flexibility index (Phi) is 7.23. The van der Waals surface area contributed by atoms with Gasteiger partial charge in [-0.15, -0.1) is 0 Å². The third kappa shape index (κ3) is 6.21. The predicted octanol–water partition coefficient (Wildman–Crippen LogP) is 2.64. The van der Waals surface area contributed by atoms with Crippen molar-refractivity contribution in [3.63, 3.8) is 0 Å². The second-order valence-electron chi connectivity index (χ2n) is 8.64. The Morgan fingerprint density at radius 2 is 1.81 bits per heavy atom. The molecule has 0 unspecified atom stereocenters. The maximum absolute atomic E-state index is 13.1. The SMILES string of the molecule is Cc1ccc(S(=O)(=O)N[C@@H](Cc2ccc(O)cc2)CN2C(N)=NC[C@@H]2CC(C)C)cc1. The lowest BCUT2D eigenvalue weighted by atomic mass is 10.0. The van der Waals surface area contributed by atoms with Gasteiger partial charge < -0.3 is 15.7 Å². The van der Waals surface area contributed by atoms with Gasteiger partial charge in [-0.1, -0.05) is 43.7 Å². The summed E-state index contributed by atoms with van der Waals surface area (Å²) < 4.78 is 29.0. The summed E-state index contributed by atoms with van der Waals surface area (Å²) in [6.07, 6.45) is 1.39. The summed E-state index contributed by atoms with van der Waals surface area (Å²) in [6.45, 7) is 7.27. The summed E-state index contributed by atoms with van der Waals surface area (Å²) in [5.41, 5.74) is 8.08. The Hall–Kier alpha value is -2.58. The van der Waals surface area contributed by atoms with Gasteiger partial charge >= 0.3 is 0 Å². The molecule has 4 N–H and O–H groups in total. The first kappa shape index (κ1) is 23.1. The smallest absolute Gasteiger partial charge is 0.240 e. The first-order valence-electron chi connectivity index (χ1n) is 10.6. The molecular formula is C23H32N4O3S. The van der Waals surface area contributed by atoms with Crippen LogP contribution < -0.4 is 10.5 Å². The predicted molar refractivity (Wildman–Crippen MR) is 124 cm³/mol. The minimum atomic E-state index is -3.71. The zero-order valence-electron chi connectivity index (χ0n) is 18.3. The number of aliphatic imine (C=N–C) groups is 1. The molecule has 2 atom stereocenters. The molecule has 0 fully saturated rings. The molecule has 168 valence electrons. The number of phenolic OH excluding ortho intramolecular Hbond substituents is 1. The number of rotatable bonds is 9. The van der Waals surface area contributed by atoms with Crippen molar-refractivity contribution in [1.29, 1.82) is 0 Å². The van der Waals surface area contributed by atoms with Crippen LogP contribution in [0.1, 0.15) is 31.4 Å². The van der Waals surface area contributed by atoms with E-state index in [0.717, 1.165) is 17.5 Å². The van der Waals surface area contributed by atoms with Gasteiger partial charge in [-0.05, 0) is 55.5 Å². The monoisotopic (exact) mass is 444 g/mol. The molecule has 0 aliphatic carbocycles. The van der Waals surface area contributed by atoms with E-state index in [-0.39, 0.29) is 16.7 Å². The Bertz CT molecular complexity index is 1000. The number of nitrogens with two attached hydrogens (primary N) is 1. The average molecular weight is 445 g/mol. The third-order valence-corrected chi connectivity index (χ3v) is 6.97. The van der Waals surface area contributed by atoms with Crippen molar-refractivity contribution < 1.29 is 13.5 Å². The van der Waals surface area contributed by atoms with Crippen LogP contribution in [0.2, 0.25) is 0 Å². The van der Waals surface area contributed by atoms with Gasteiger partial charge in [-0.3, -0.25) is 4.99 Å². The molecule has 2 aromatic carbocycles. The molecule has 1 aliphatic heterocycles. The quantitative estimate of drug-likeness (QED) is 0.551. The van der Waals surface area contributed by atoms with Crippen molar-refractivity contribution >= 4 is 16.0 Å². The number of phenols is 1. The minimum Gasteiger partial charge on any atom is -0.508 e. The normalized spacial score (nSPS) is 17.7. The highest BCUT2D eigenvalue weighted by Gasteiger charge is 2.30. The maximum atomic E-state index is 13.1. The molecule has 3 rings (SSSR count). The number of nitrogens with one attached hydrogen (secondary N) is 1. The van der Waals surface area contributed by atoms with E-state index in [1.54, 1.807) is 48.5 Å². The van der Waals surface area contributed by atoms with Crippen LogP contribution in [0.3, 0.4) is 0 Å². The van der Waals surface area contributed by atoms with E-state index in [2.05, 4.69) is 23.6 Å². The van der Waals surface area contributed by atoms with Gasteiger partial charge in [0.25, 0.3) is 0 Å². The molecule has 2 aromatic rings. The lowest BCUT2D eigenvalue weighted by Crippen LogP contribution is -2.51. The summed E-state index contributed by atoms with van der Waals surface area (Å²) >= 11 is 0. The maximum Gasteiger partial charge on any atom is 0.240 e. The van der Waals surface area contributed by atoms with Crippen LogP contribution in [-0.2, 0) is 16.4 Å². The fourth-order valence-corrected chi connectivity index (χ4v) is 5.09. The topological polar surface area (TPSA) is 108 Å². The largest absolute Gasteiger partial charge is 0.508 e. The Balaban J connectivity index is 1.84. The molecule has 0 saturated carbocycles. The number of aryl methyl sites for hydroxylation is 1. The van der Waals surface area contributed by atoms with Crippen LogP contribution in [0.4, 0.5) is 0 Å². The van der Waals surface area contributed by atoms with Crippen LogP contribution >= 0.6 is 0 Å². The summed E-state index contributed by atoms with van der Waals surface area (Å²) in [7, 11) is -3.71. The summed E-state index contributed by atoms with van der Waals surface area (Å²) in [5.74, 6) is 1.11. The standard InChI is InChI=1S/C23H32N4O3S/c1-16(2)12-20-14-25-23(24)27(20)15-19(13-18-6-8-21(28)9-7-18)26-31(29,30)22-10-4-17(3)5-11-22/h4-11,16,19-20,26,28H,12-15H2,1-3H3,(H2,24,25)/t19-,20-/m0/s1. The van der Waals surface area contributed by atoms with Gasteiger partial charge in [0.05, 0.1) is 17.5 Å². The Morgan fingerprint density at radius 1 is 1.16 bits per heavy atom. The van der Waals surface area contributed by atoms with Gasteiger partial charge in [-0.25, -0.2) is 13.1 Å². The van der Waals surface area contributed by atoms with Gasteiger partial charge in [0.15, 0.2) is 5.96 Å². The first-order valence-corrected chi connectivity index (χ1v) is 12.1. The van der Waals surface area contributed by atoms with Crippen LogP contribution in [0, 0.1) is 12.8 Å². The highest BCUT2D eigenvalue weighted by molar-refractivity contribution is 7.89. The van der Waals surface area contributed by atoms with Crippen molar-refractivity contribution in [3.8, 4) is 5.75 Å². The second-order valence-corrected chi connectivity index (χ2v) is 10.4. The zero-order valence-corrected chi connectivity index (χ0v) is 19.1. The van der Waals surface area contributed by atoms with Gasteiger partial charge in [0.1, 0.15) is 5.75 Å². The summed E-state index contributed by atoms with van der Waals surface area (Å²) in [4.78, 5) is 6.65. The Labute approximate surface area is 185 Å². The molecule has 0 aromatic heterocycles. The van der Waals surface area contributed by atoms with Crippen molar-refractivity contribution in [3.05, 3.63) is 59.7 Å². The van der Waals surface area contributed by atoms with Crippen LogP contribution in [0.15, 0.2) is 58.4 Å². The van der Waals surface area contributed by atoms with E-state index in [9.17, 15) is 13.5 Å². The Morgan fingerprint density at radius 3 is 2.42 bits per heavy atom. The van der Waals surface area contributed by atoms with Crippen molar-refractivity contribution in [1.82, 2.24) is 9.62 Å². The number of benzene rings is 2. The molecule has 0 saturated heterocycles. The number of nitrogens with zero attached hydrogens (tertiary/aromatic N) is 2. The average Bonchev–Trinajstić information content (AvgIpc) is 3.02. The van der Waals surface area contributed by atoms with Crippen molar-refractivity contribution in [2.45, 2.75) is 50.6 Å². The van der Waals surface area contributed by atoms with Crippen LogP contribution in [0.25, 0.3) is 0 Å². The van der Waals surface area contributed by atoms with Crippen LogP contribution in [0.5, 0.6) is 5.75 Å². The third-order valence-electron chi connectivity index (χ3n) is 5.43. The number of aromatic hydroxyl groups is 1. The molecule has 1 heterocycles. The fraction of sp³-hybridized carbons (Fsp3) is 0.435. The second kappa shape index (κ2) is 9.70. The number of hydrogen-bond donors (Lipinski definition) is 3. The van der Waals surface area contributed by atoms with Gasteiger partial charge in [0, 0.05) is 12.6 Å². The first-order chi connectivity index (χ1) is 14.6. The number of guanidine groups is 1. The number of sulfonamides is 1. The molecule has 1 aliphatic rings. The molecule has 7 nitrogen and oxygen atoms in total. The lowest BCUT2D eigenvalue weighted by Gasteiger charge is -2.31.